The summed E-state index contributed by atoms with van der Waals surface area (Å²) in [5.41, 5.74) is 0.506. The Morgan fingerprint density at radius 3 is 2.48 bits per heavy atom. The Labute approximate surface area is 129 Å². The molecule has 1 saturated heterocycles. The molecular formula is C15H21ClF2N2O. The van der Waals surface area contributed by atoms with Crippen molar-refractivity contribution in [3.63, 3.8) is 0 Å². The van der Waals surface area contributed by atoms with Gasteiger partial charge in [0.05, 0.1) is 0 Å². The smallest absolute Gasteiger partial charge is 0.251 e. The summed E-state index contributed by atoms with van der Waals surface area (Å²) < 4.78 is 27.7. The fraction of sp³-hybridized carbons (Fsp3) is 0.533. The molecule has 0 aliphatic carbocycles. The maximum atomic E-state index is 14.0. The van der Waals surface area contributed by atoms with Crippen LogP contribution in [0.1, 0.15) is 48.5 Å². The lowest BCUT2D eigenvalue weighted by molar-refractivity contribution is 0.0942. The van der Waals surface area contributed by atoms with E-state index < -0.39 is 11.6 Å². The molecular weight excluding hydrogens is 298 g/mol. The van der Waals surface area contributed by atoms with Gasteiger partial charge in [-0.1, -0.05) is 0 Å². The van der Waals surface area contributed by atoms with Crippen molar-refractivity contribution in [1.82, 2.24) is 10.6 Å². The lowest BCUT2D eigenvalue weighted by Gasteiger charge is -2.24. The number of halogens is 3. The van der Waals surface area contributed by atoms with Crippen LogP contribution in [0.15, 0.2) is 12.1 Å². The maximum absolute atomic E-state index is 14.0. The topological polar surface area (TPSA) is 41.1 Å². The third-order valence-electron chi connectivity index (χ3n) is 3.52. The SMILES string of the molecule is CC(C)NC(=O)c1cc(F)c(F)c(C2CCNCC2)c1.Cl. The molecule has 6 heteroatoms. The first-order valence-corrected chi connectivity index (χ1v) is 6.99. The van der Waals surface area contributed by atoms with Crippen molar-refractivity contribution in [3.8, 4) is 0 Å². The molecule has 1 aromatic rings. The molecule has 1 amide bonds. The van der Waals surface area contributed by atoms with E-state index in [1.165, 1.54) is 6.07 Å². The molecule has 1 fully saturated rings. The Bertz CT molecular complexity index is 503. The van der Waals surface area contributed by atoms with Crippen molar-refractivity contribution in [2.45, 2.75) is 38.6 Å². The number of amides is 1. The molecule has 1 heterocycles. The van der Waals surface area contributed by atoms with Crippen LogP contribution in [0.3, 0.4) is 0 Å². The van der Waals surface area contributed by atoms with Gasteiger partial charge < -0.3 is 10.6 Å². The van der Waals surface area contributed by atoms with Crippen molar-refractivity contribution in [2.24, 2.45) is 0 Å². The lowest BCUT2D eigenvalue weighted by atomic mass is 9.88. The van der Waals surface area contributed by atoms with E-state index in [4.69, 9.17) is 0 Å². The Morgan fingerprint density at radius 2 is 1.90 bits per heavy atom. The lowest BCUT2D eigenvalue weighted by Crippen LogP contribution is -2.31. The molecule has 118 valence electrons. The summed E-state index contributed by atoms with van der Waals surface area (Å²) in [6.07, 6.45) is 1.51. The van der Waals surface area contributed by atoms with Crippen molar-refractivity contribution in [1.29, 1.82) is 0 Å². The first kappa shape index (κ1) is 17.9. The van der Waals surface area contributed by atoms with Crippen LogP contribution in [0, 0.1) is 11.6 Å². The minimum Gasteiger partial charge on any atom is -0.350 e. The molecule has 3 nitrogen and oxygen atoms in total. The predicted molar refractivity (Wildman–Crippen MR) is 81.1 cm³/mol. The highest BCUT2D eigenvalue weighted by Crippen LogP contribution is 2.29. The average molecular weight is 319 g/mol. The van der Waals surface area contributed by atoms with Crippen LogP contribution in [0.5, 0.6) is 0 Å². The molecule has 0 spiro atoms. The van der Waals surface area contributed by atoms with Gasteiger partial charge in [0.15, 0.2) is 11.6 Å². The Hall–Kier alpha value is -1.20. The van der Waals surface area contributed by atoms with Gasteiger partial charge in [-0.3, -0.25) is 4.79 Å². The van der Waals surface area contributed by atoms with Crippen LogP contribution < -0.4 is 10.6 Å². The van der Waals surface area contributed by atoms with Gasteiger partial charge in [-0.25, -0.2) is 8.78 Å². The number of benzene rings is 1. The second-order valence-electron chi connectivity index (χ2n) is 5.51. The first-order chi connectivity index (χ1) is 9.49. The van der Waals surface area contributed by atoms with Gasteiger partial charge in [0.25, 0.3) is 5.91 Å². The fourth-order valence-electron chi connectivity index (χ4n) is 2.52. The molecule has 1 aromatic carbocycles. The van der Waals surface area contributed by atoms with Crippen molar-refractivity contribution in [3.05, 3.63) is 34.9 Å². The van der Waals surface area contributed by atoms with E-state index in [0.717, 1.165) is 32.0 Å². The van der Waals surface area contributed by atoms with E-state index in [1.807, 2.05) is 13.8 Å². The van der Waals surface area contributed by atoms with Gasteiger partial charge in [0.2, 0.25) is 0 Å². The monoisotopic (exact) mass is 318 g/mol. The van der Waals surface area contributed by atoms with Crippen molar-refractivity contribution in [2.75, 3.05) is 13.1 Å². The maximum Gasteiger partial charge on any atom is 0.251 e. The van der Waals surface area contributed by atoms with Crippen LogP contribution in [0.2, 0.25) is 0 Å². The third kappa shape index (κ3) is 4.38. The van der Waals surface area contributed by atoms with Gasteiger partial charge >= 0.3 is 0 Å². The molecule has 1 aliphatic rings. The molecule has 0 aromatic heterocycles. The number of hydrogen-bond donors (Lipinski definition) is 2. The molecule has 0 unspecified atom stereocenters. The van der Waals surface area contributed by atoms with E-state index >= 15 is 0 Å². The van der Waals surface area contributed by atoms with Gasteiger partial charge in [-0.15, -0.1) is 12.4 Å². The second-order valence-corrected chi connectivity index (χ2v) is 5.51. The summed E-state index contributed by atoms with van der Waals surface area (Å²) in [6, 6.07) is 2.42. The van der Waals surface area contributed by atoms with Crippen LogP contribution in [-0.2, 0) is 0 Å². The average Bonchev–Trinajstić information content (AvgIpc) is 2.41. The summed E-state index contributed by atoms with van der Waals surface area (Å²) in [5, 5.41) is 5.88. The Kier molecular flexibility index (Phi) is 6.55. The molecule has 0 radical (unpaired) electrons. The zero-order valence-electron chi connectivity index (χ0n) is 12.2. The molecule has 2 rings (SSSR count). The van der Waals surface area contributed by atoms with Crippen molar-refractivity contribution < 1.29 is 13.6 Å². The summed E-state index contributed by atoms with van der Waals surface area (Å²) in [4.78, 5) is 11.9. The number of rotatable bonds is 3. The van der Waals surface area contributed by atoms with Gasteiger partial charge in [0.1, 0.15) is 0 Å². The Morgan fingerprint density at radius 1 is 1.29 bits per heavy atom. The van der Waals surface area contributed by atoms with Crippen LogP contribution in [-0.4, -0.2) is 25.0 Å². The minimum absolute atomic E-state index is 0. The standard InChI is InChI=1S/C15H20F2N2O.ClH/c1-9(2)19-15(20)11-7-12(14(17)13(16)8-11)10-3-5-18-6-4-10;/h7-10,18H,3-6H2,1-2H3,(H,19,20);1H. The first-order valence-electron chi connectivity index (χ1n) is 6.99. The summed E-state index contributed by atoms with van der Waals surface area (Å²) in [7, 11) is 0. The molecule has 2 N–H and O–H groups in total. The predicted octanol–water partition coefficient (Wildman–Crippen LogP) is 2.99. The zero-order valence-corrected chi connectivity index (χ0v) is 13.0. The Balaban J connectivity index is 0.00000220. The minimum atomic E-state index is -0.949. The van der Waals surface area contributed by atoms with E-state index in [0.29, 0.717) is 5.56 Å². The van der Waals surface area contributed by atoms with Crippen LogP contribution in [0.4, 0.5) is 8.78 Å². The summed E-state index contributed by atoms with van der Waals surface area (Å²) in [5.74, 6) is -2.17. The largest absolute Gasteiger partial charge is 0.350 e. The van der Waals surface area contributed by atoms with Crippen molar-refractivity contribution >= 4 is 18.3 Å². The molecule has 0 atom stereocenters. The van der Waals surface area contributed by atoms with E-state index in [1.54, 1.807) is 0 Å². The number of piperidine rings is 1. The van der Waals surface area contributed by atoms with E-state index in [-0.39, 0.29) is 35.8 Å². The quantitative estimate of drug-likeness (QED) is 0.899. The van der Waals surface area contributed by atoms with Gasteiger partial charge in [0, 0.05) is 11.6 Å². The van der Waals surface area contributed by atoms with E-state index in [2.05, 4.69) is 10.6 Å². The van der Waals surface area contributed by atoms with Gasteiger partial charge in [-0.05, 0) is 63.4 Å². The number of nitrogens with one attached hydrogen (secondary N) is 2. The molecule has 0 bridgehead atoms. The summed E-state index contributed by atoms with van der Waals surface area (Å²) in [6.45, 7) is 5.22. The van der Waals surface area contributed by atoms with Crippen LogP contribution in [0.25, 0.3) is 0 Å². The highest BCUT2D eigenvalue weighted by molar-refractivity contribution is 5.94. The number of carbonyl (C=O) groups excluding carboxylic acids is 1. The number of hydrogen-bond acceptors (Lipinski definition) is 2. The highest BCUT2D eigenvalue weighted by Gasteiger charge is 2.23. The molecule has 21 heavy (non-hydrogen) atoms. The van der Waals surface area contributed by atoms with E-state index in [9.17, 15) is 13.6 Å². The molecule has 1 aliphatic heterocycles. The second kappa shape index (κ2) is 7.71. The summed E-state index contributed by atoms with van der Waals surface area (Å²) >= 11 is 0. The number of carbonyl (C=O) groups is 1. The highest BCUT2D eigenvalue weighted by atomic mass is 35.5. The zero-order chi connectivity index (χ0) is 14.7. The molecule has 0 saturated carbocycles. The fourth-order valence-corrected chi connectivity index (χ4v) is 2.52. The normalized spacial score (nSPS) is 15.7. The van der Waals surface area contributed by atoms with Crippen LogP contribution >= 0.6 is 12.4 Å². The van der Waals surface area contributed by atoms with Gasteiger partial charge in [-0.2, -0.15) is 0 Å². The third-order valence-corrected chi connectivity index (χ3v) is 3.52.